The highest BCUT2D eigenvalue weighted by Crippen LogP contribution is 2.33. The predicted octanol–water partition coefficient (Wildman–Crippen LogP) is 2.90. The lowest BCUT2D eigenvalue weighted by Gasteiger charge is -2.49. The Balaban J connectivity index is 2.07. The summed E-state index contributed by atoms with van der Waals surface area (Å²) >= 11 is 0. The smallest absolute Gasteiger partial charge is 0.0586 e. The van der Waals surface area contributed by atoms with Gasteiger partial charge in [-0.05, 0) is 30.6 Å². The largest absolute Gasteiger partial charge is 0.381 e. The van der Waals surface area contributed by atoms with Gasteiger partial charge in [0.15, 0.2) is 0 Å². The first-order valence-corrected chi connectivity index (χ1v) is 8.35. The molecule has 118 valence electrons. The minimum atomic E-state index is 0.333. The SMILES string of the molecule is COC1CCC(N2CC(C(C)(C)C)NCC2C(C)C)C1. The molecular weight excluding hydrogens is 248 g/mol. The van der Waals surface area contributed by atoms with Crippen LogP contribution in [0.3, 0.4) is 0 Å². The number of ether oxygens (including phenoxy) is 1. The van der Waals surface area contributed by atoms with Gasteiger partial charge in [-0.25, -0.2) is 0 Å². The third kappa shape index (κ3) is 3.55. The van der Waals surface area contributed by atoms with E-state index in [9.17, 15) is 0 Å². The summed E-state index contributed by atoms with van der Waals surface area (Å²) in [6.07, 6.45) is 4.24. The molecule has 1 saturated heterocycles. The van der Waals surface area contributed by atoms with Crippen molar-refractivity contribution in [3.63, 3.8) is 0 Å². The van der Waals surface area contributed by atoms with Gasteiger partial charge in [0.25, 0.3) is 0 Å². The highest BCUT2D eigenvalue weighted by atomic mass is 16.5. The van der Waals surface area contributed by atoms with E-state index >= 15 is 0 Å². The molecule has 1 N–H and O–H groups in total. The van der Waals surface area contributed by atoms with Crippen molar-refractivity contribution in [2.75, 3.05) is 20.2 Å². The van der Waals surface area contributed by atoms with E-state index < -0.39 is 0 Å². The van der Waals surface area contributed by atoms with E-state index in [1.54, 1.807) is 0 Å². The maximum absolute atomic E-state index is 5.58. The van der Waals surface area contributed by atoms with Crippen LogP contribution in [0, 0.1) is 11.3 Å². The van der Waals surface area contributed by atoms with Crippen molar-refractivity contribution in [3.05, 3.63) is 0 Å². The Morgan fingerprint density at radius 2 is 1.90 bits per heavy atom. The average Bonchev–Trinajstić information content (AvgIpc) is 2.85. The summed E-state index contributed by atoms with van der Waals surface area (Å²) in [6.45, 7) is 14.1. The van der Waals surface area contributed by atoms with E-state index in [1.165, 1.54) is 25.8 Å². The third-order valence-corrected chi connectivity index (χ3v) is 5.37. The van der Waals surface area contributed by atoms with Crippen molar-refractivity contribution in [3.8, 4) is 0 Å². The van der Waals surface area contributed by atoms with E-state index in [2.05, 4.69) is 44.8 Å². The Hall–Kier alpha value is -0.120. The molecule has 0 spiro atoms. The minimum Gasteiger partial charge on any atom is -0.381 e. The quantitative estimate of drug-likeness (QED) is 0.861. The lowest BCUT2D eigenvalue weighted by molar-refractivity contribution is 0.0229. The topological polar surface area (TPSA) is 24.5 Å². The minimum absolute atomic E-state index is 0.333. The van der Waals surface area contributed by atoms with Gasteiger partial charge in [-0.2, -0.15) is 0 Å². The maximum atomic E-state index is 5.58. The van der Waals surface area contributed by atoms with Crippen LogP contribution in [0.5, 0.6) is 0 Å². The Labute approximate surface area is 125 Å². The number of nitrogens with zero attached hydrogens (tertiary/aromatic N) is 1. The van der Waals surface area contributed by atoms with Crippen LogP contribution < -0.4 is 5.32 Å². The first kappa shape index (κ1) is 16.3. The number of hydrogen-bond donors (Lipinski definition) is 1. The van der Waals surface area contributed by atoms with Gasteiger partial charge in [0.05, 0.1) is 6.10 Å². The second-order valence-corrected chi connectivity index (χ2v) is 8.16. The molecule has 0 bridgehead atoms. The molecule has 20 heavy (non-hydrogen) atoms. The number of piperazine rings is 1. The van der Waals surface area contributed by atoms with Gasteiger partial charge in [-0.15, -0.1) is 0 Å². The third-order valence-electron chi connectivity index (χ3n) is 5.37. The molecule has 2 aliphatic rings. The van der Waals surface area contributed by atoms with Crippen molar-refractivity contribution in [2.45, 2.75) is 78.1 Å². The van der Waals surface area contributed by atoms with E-state index in [0.29, 0.717) is 29.5 Å². The molecule has 0 aromatic heterocycles. The van der Waals surface area contributed by atoms with Gasteiger partial charge in [-0.1, -0.05) is 34.6 Å². The van der Waals surface area contributed by atoms with Crippen LogP contribution in [0.25, 0.3) is 0 Å². The summed E-state index contributed by atoms with van der Waals surface area (Å²) in [6, 6.07) is 1.99. The lowest BCUT2D eigenvalue weighted by atomic mass is 9.83. The molecule has 0 aromatic carbocycles. The molecule has 0 aromatic rings. The fourth-order valence-electron chi connectivity index (χ4n) is 3.84. The lowest BCUT2D eigenvalue weighted by Crippen LogP contribution is -2.63. The molecule has 4 unspecified atom stereocenters. The van der Waals surface area contributed by atoms with Crippen LogP contribution in [0.15, 0.2) is 0 Å². The van der Waals surface area contributed by atoms with Crippen LogP contribution >= 0.6 is 0 Å². The van der Waals surface area contributed by atoms with E-state index in [1.807, 2.05) is 7.11 Å². The predicted molar refractivity (Wildman–Crippen MR) is 85.0 cm³/mol. The second-order valence-electron chi connectivity index (χ2n) is 8.16. The van der Waals surface area contributed by atoms with Crippen molar-refractivity contribution >= 4 is 0 Å². The zero-order chi connectivity index (χ0) is 14.9. The highest BCUT2D eigenvalue weighted by Gasteiger charge is 2.40. The maximum Gasteiger partial charge on any atom is 0.0586 e. The second kappa shape index (κ2) is 6.33. The number of methoxy groups -OCH3 is 1. The van der Waals surface area contributed by atoms with Crippen molar-refractivity contribution in [1.82, 2.24) is 10.2 Å². The first-order valence-electron chi connectivity index (χ1n) is 8.35. The normalized spacial score (nSPS) is 36.8. The van der Waals surface area contributed by atoms with Crippen molar-refractivity contribution in [2.24, 2.45) is 11.3 Å². The van der Waals surface area contributed by atoms with Gasteiger partial charge >= 0.3 is 0 Å². The Bertz CT molecular complexity index is 311. The van der Waals surface area contributed by atoms with Gasteiger partial charge in [-0.3, -0.25) is 4.90 Å². The summed E-state index contributed by atoms with van der Waals surface area (Å²) in [5.41, 5.74) is 0.333. The zero-order valence-electron chi connectivity index (χ0n) is 14.3. The zero-order valence-corrected chi connectivity index (χ0v) is 14.3. The Kier molecular flexibility index (Phi) is 5.14. The van der Waals surface area contributed by atoms with Crippen molar-refractivity contribution in [1.29, 1.82) is 0 Å². The number of hydrogen-bond acceptors (Lipinski definition) is 3. The summed E-state index contributed by atoms with van der Waals surface area (Å²) in [7, 11) is 1.86. The van der Waals surface area contributed by atoms with Crippen LogP contribution in [0.1, 0.15) is 53.9 Å². The summed E-state index contributed by atoms with van der Waals surface area (Å²) in [4.78, 5) is 2.80. The van der Waals surface area contributed by atoms with Crippen LogP contribution in [0.2, 0.25) is 0 Å². The molecular formula is C17H34N2O. The van der Waals surface area contributed by atoms with Gasteiger partial charge in [0.1, 0.15) is 0 Å². The van der Waals surface area contributed by atoms with E-state index in [0.717, 1.165) is 12.6 Å². The van der Waals surface area contributed by atoms with E-state index in [-0.39, 0.29) is 0 Å². The van der Waals surface area contributed by atoms with Gasteiger partial charge < -0.3 is 10.1 Å². The van der Waals surface area contributed by atoms with Crippen molar-refractivity contribution < 1.29 is 4.74 Å². The van der Waals surface area contributed by atoms with Crippen LogP contribution in [-0.2, 0) is 4.74 Å². The molecule has 3 nitrogen and oxygen atoms in total. The standard InChI is InChI=1S/C17H34N2O/c1-12(2)15-10-18-16(17(3,4)5)11-19(15)13-7-8-14(9-13)20-6/h12-16,18H,7-11H2,1-6H3. The average molecular weight is 282 g/mol. The van der Waals surface area contributed by atoms with Gasteiger partial charge in [0.2, 0.25) is 0 Å². The van der Waals surface area contributed by atoms with Crippen LogP contribution in [-0.4, -0.2) is 49.3 Å². The molecule has 4 atom stereocenters. The fourth-order valence-corrected chi connectivity index (χ4v) is 3.84. The first-order chi connectivity index (χ1) is 9.32. The molecule has 0 radical (unpaired) electrons. The molecule has 0 amide bonds. The summed E-state index contributed by atoms with van der Waals surface area (Å²) in [5, 5.41) is 3.80. The fraction of sp³-hybridized carbons (Fsp3) is 1.00. The molecule has 1 saturated carbocycles. The molecule has 3 heteroatoms. The molecule has 1 heterocycles. The molecule has 1 aliphatic heterocycles. The Morgan fingerprint density at radius 3 is 2.40 bits per heavy atom. The number of rotatable bonds is 3. The number of nitrogens with one attached hydrogen (secondary N) is 1. The highest BCUT2D eigenvalue weighted by molar-refractivity contribution is 4.97. The van der Waals surface area contributed by atoms with Crippen LogP contribution in [0.4, 0.5) is 0 Å². The molecule has 1 aliphatic carbocycles. The monoisotopic (exact) mass is 282 g/mol. The summed E-state index contributed by atoms with van der Waals surface area (Å²) in [5.74, 6) is 0.713. The summed E-state index contributed by atoms with van der Waals surface area (Å²) < 4.78 is 5.58. The molecule has 2 fully saturated rings. The molecule has 2 rings (SSSR count). The Morgan fingerprint density at radius 1 is 1.20 bits per heavy atom. The van der Waals surface area contributed by atoms with Gasteiger partial charge in [0, 0.05) is 38.3 Å². The van der Waals surface area contributed by atoms with E-state index in [4.69, 9.17) is 4.74 Å².